The Morgan fingerprint density at radius 1 is 1.24 bits per heavy atom. The number of unbranched alkanes of at least 4 members (excludes halogenated alkanes) is 1. The highest BCUT2D eigenvalue weighted by atomic mass is 32.2. The molecule has 7 heteroatoms. The molecular formula is C18H36N4O2S. The fourth-order valence-corrected chi connectivity index (χ4v) is 5.15. The first-order chi connectivity index (χ1) is 11.8. The maximum atomic E-state index is 12.1. The Labute approximate surface area is 154 Å². The molecule has 0 aromatic heterocycles. The lowest BCUT2D eigenvalue weighted by Gasteiger charge is -2.39. The van der Waals surface area contributed by atoms with Gasteiger partial charge in [0.2, 0.25) is 0 Å². The number of likely N-dealkylation sites (tertiary alicyclic amines) is 1. The number of piperidine rings is 1. The van der Waals surface area contributed by atoms with E-state index in [9.17, 15) is 8.42 Å². The van der Waals surface area contributed by atoms with Gasteiger partial charge in [0.1, 0.15) is 0 Å². The van der Waals surface area contributed by atoms with E-state index in [0.29, 0.717) is 13.1 Å². The second-order valence-corrected chi connectivity index (χ2v) is 10.8. The first kappa shape index (κ1) is 20.5. The molecule has 0 bridgehead atoms. The summed E-state index contributed by atoms with van der Waals surface area (Å²) in [5.74, 6) is 1.03. The molecule has 2 rings (SSSR count). The van der Waals surface area contributed by atoms with E-state index < -0.39 is 14.6 Å². The molecule has 6 nitrogen and oxygen atoms in total. The molecule has 2 heterocycles. The molecule has 2 saturated heterocycles. The average Bonchev–Trinajstić information content (AvgIpc) is 2.55. The molecule has 2 aliphatic heterocycles. The zero-order chi connectivity index (χ0) is 18.5. The van der Waals surface area contributed by atoms with Crippen LogP contribution in [0.3, 0.4) is 0 Å². The predicted molar refractivity (Wildman–Crippen MR) is 105 cm³/mol. The molecule has 0 spiro atoms. The summed E-state index contributed by atoms with van der Waals surface area (Å²) in [5, 5.41) is 3.42. The van der Waals surface area contributed by atoms with E-state index in [1.807, 2.05) is 13.8 Å². The topological polar surface area (TPSA) is 65.0 Å². The van der Waals surface area contributed by atoms with E-state index in [1.54, 1.807) is 7.05 Å². The van der Waals surface area contributed by atoms with Gasteiger partial charge in [-0.25, -0.2) is 8.42 Å². The molecule has 1 N–H and O–H groups in total. The van der Waals surface area contributed by atoms with Crippen molar-refractivity contribution < 1.29 is 8.42 Å². The zero-order valence-corrected chi connectivity index (χ0v) is 17.2. The summed E-state index contributed by atoms with van der Waals surface area (Å²) in [4.78, 5) is 9.04. The molecular weight excluding hydrogens is 336 g/mol. The first-order valence-electron chi connectivity index (χ1n) is 9.69. The van der Waals surface area contributed by atoms with E-state index in [2.05, 4.69) is 27.0 Å². The van der Waals surface area contributed by atoms with E-state index >= 15 is 0 Å². The SMILES string of the molecule is CN=C(NCCCCN1CCCCC1C)N1CCS(=O)(=O)C(C)(C)C1. The summed E-state index contributed by atoms with van der Waals surface area (Å²) >= 11 is 0. The number of sulfone groups is 1. The van der Waals surface area contributed by atoms with E-state index in [-0.39, 0.29) is 5.75 Å². The van der Waals surface area contributed by atoms with Crippen LogP contribution in [0.15, 0.2) is 4.99 Å². The highest BCUT2D eigenvalue weighted by molar-refractivity contribution is 7.92. The standard InChI is InChI=1S/C18H36N4O2S/c1-16-9-5-7-11-21(16)12-8-6-10-20-17(19-4)22-13-14-25(23,24)18(2,3)15-22/h16H,5-15H2,1-4H3,(H,19,20). The van der Waals surface area contributed by atoms with Crippen LogP contribution in [0.1, 0.15) is 52.9 Å². The lowest BCUT2D eigenvalue weighted by Crippen LogP contribution is -2.57. The van der Waals surface area contributed by atoms with Gasteiger partial charge in [0.15, 0.2) is 15.8 Å². The molecule has 0 saturated carbocycles. The third kappa shape index (κ3) is 5.33. The van der Waals surface area contributed by atoms with Crippen molar-refractivity contribution in [2.24, 2.45) is 4.99 Å². The fraction of sp³-hybridized carbons (Fsp3) is 0.944. The molecule has 2 aliphatic rings. The maximum absolute atomic E-state index is 12.1. The Bertz CT molecular complexity index is 559. The van der Waals surface area contributed by atoms with Crippen molar-refractivity contribution in [1.82, 2.24) is 15.1 Å². The molecule has 0 amide bonds. The fourth-order valence-electron chi connectivity index (χ4n) is 3.79. The van der Waals surface area contributed by atoms with Gasteiger partial charge in [0.05, 0.1) is 10.5 Å². The molecule has 0 aromatic carbocycles. The minimum absolute atomic E-state index is 0.202. The molecule has 0 radical (unpaired) electrons. The van der Waals surface area contributed by atoms with Gasteiger partial charge in [-0.1, -0.05) is 6.42 Å². The summed E-state index contributed by atoms with van der Waals surface area (Å²) in [6, 6.07) is 0.729. The number of guanidine groups is 1. The predicted octanol–water partition coefficient (Wildman–Crippen LogP) is 1.73. The molecule has 0 aromatic rings. The largest absolute Gasteiger partial charge is 0.356 e. The van der Waals surface area contributed by atoms with E-state index in [4.69, 9.17) is 0 Å². The Morgan fingerprint density at radius 2 is 2.00 bits per heavy atom. The van der Waals surface area contributed by atoms with Crippen molar-refractivity contribution in [3.05, 3.63) is 0 Å². The Balaban J connectivity index is 1.72. The van der Waals surface area contributed by atoms with Crippen LogP contribution >= 0.6 is 0 Å². The number of aliphatic imine (C=N–C) groups is 1. The van der Waals surface area contributed by atoms with Gasteiger partial charge in [-0.3, -0.25) is 4.99 Å². The molecule has 0 aliphatic carbocycles. The summed E-state index contributed by atoms with van der Waals surface area (Å²) in [6.45, 7) is 10.3. The Morgan fingerprint density at radius 3 is 2.64 bits per heavy atom. The lowest BCUT2D eigenvalue weighted by atomic mass is 10.0. The van der Waals surface area contributed by atoms with Crippen molar-refractivity contribution in [1.29, 1.82) is 0 Å². The quantitative estimate of drug-likeness (QED) is 0.452. The van der Waals surface area contributed by atoms with Crippen LogP contribution in [0.25, 0.3) is 0 Å². The molecule has 146 valence electrons. The van der Waals surface area contributed by atoms with Gasteiger partial charge in [0, 0.05) is 32.7 Å². The third-order valence-electron chi connectivity index (χ3n) is 5.65. The first-order valence-corrected chi connectivity index (χ1v) is 11.3. The Kier molecular flexibility index (Phi) is 7.14. The van der Waals surface area contributed by atoms with Crippen molar-refractivity contribution in [3.8, 4) is 0 Å². The molecule has 2 fully saturated rings. The minimum atomic E-state index is -3.01. The van der Waals surface area contributed by atoms with Crippen molar-refractivity contribution in [3.63, 3.8) is 0 Å². The molecule has 25 heavy (non-hydrogen) atoms. The van der Waals surface area contributed by atoms with Crippen LogP contribution < -0.4 is 5.32 Å². The number of hydrogen-bond acceptors (Lipinski definition) is 4. The highest BCUT2D eigenvalue weighted by Crippen LogP contribution is 2.23. The zero-order valence-electron chi connectivity index (χ0n) is 16.4. The Hall–Kier alpha value is -0.820. The second kappa shape index (κ2) is 8.71. The van der Waals surface area contributed by atoms with Gasteiger partial charge in [-0.05, 0) is 59.5 Å². The van der Waals surface area contributed by atoms with Crippen LogP contribution in [0.4, 0.5) is 0 Å². The summed E-state index contributed by atoms with van der Waals surface area (Å²) in [5.41, 5.74) is 0. The molecule has 1 atom stereocenters. The van der Waals surface area contributed by atoms with Crippen molar-refractivity contribution in [2.75, 3.05) is 45.5 Å². The van der Waals surface area contributed by atoms with Crippen molar-refractivity contribution >= 4 is 15.8 Å². The monoisotopic (exact) mass is 372 g/mol. The van der Waals surface area contributed by atoms with Crippen LogP contribution in [-0.2, 0) is 9.84 Å². The van der Waals surface area contributed by atoms with Gasteiger partial charge < -0.3 is 15.1 Å². The lowest BCUT2D eigenvalue weighted by molar-refractivity contribution is 0.158. The van der Waals surface area contributed by atoms with Gasteiger partial charge >= 0.3 is 0 Å². The third-order valence-corrected chi connectivity index (χ3v) is 8.18. The summed E-state index contributed by atoms with van der Waals surface area (Å²) < 4.78 is 23.6. The number of nitrogens with zero attached hydrogens (tertiary/aromatic N) is 3. The number of hydrogen-bond donors (Lipinski definition) is 1. The van der Waals surface area contributed by atoms with E-state index in [1.165, 1.54) is 38.8 Å². The van der Waals surface area contributed by atoms with Crippen LogP contribution in [0, 0.1) is 0 Å². The smallest absolute Gasteiger partial charge is 0.193 e. The van der Waals surface area contributed by atoms with Crippen LogP contribution in [-0.4, -0.2) is 80.5 Å². The van der Waals surface area contributed by atoms with Crippen LogP contribution in [0.5, 0.6) is 0 Å². The van der Waals surface area contributed by atoms with Crippen LogP contribution in [0.2, 0.25) is 0 Å². The minimum Gasteiger partial charge on any atom is -0.356 e. The molecule has 1 unspecified atom stereocenters. The highest BCUT2D eigenvalue weighted by Gasteiger charge is 2.40. The maximum Gasteiger partial charge on any atom is 0.193 e. The van der Waals surface area contributed by atoms with Crippen molar-refractivity contribution in [2.45, 2.75) is 63.7 Å². The summed E-state index contributed by atoms with van der Waals surface area (Å²) in [7, 11) is -1.24. The van der Waals surface area contributed by atoms with Gasteiger partial charge in [0.25, 0.3) is 0 Å². The second-order valence-electron chi connectivity index (χ2n) is 8.06. The number of nitrogens with one attached hydrogen (secondary N) is 1. The number of rotatable bonds is 5. The average molecular weight is 373 g/mol. The summed E-state index contributed by atoms with van der Waals surface area (Å²) in [6.07, 6.45) is 6.34. The van der Waals surface area contributed by atoms with E-state index in [0.717, 1.165) is 25.0 Å². The van der Waals surface area contributed by atoms with Gasteiger partial charge in [-0.15, -0.1) is 0 Å². The van der Waals surface area contributed by atoms with Gasteiger partial charge in [-0.2, -0.15) is 0 Å². The normalized spacial score (nSPS) is 27.3.